The first kappa shape index (κ1) is 9.12. The van der Waals surface area contributed by atoms with E-state index in [4.69, 9.17) is 0 Å². The summed E-state index contributed by atoms with van der Waals surface area (Å²) < 4.78 is 18.0. The lowest BCUT2D eigenvalue weighted by atomic mass is 10.0. The largest absolute Gasteiger partial charge is 0.468 e. The zero-order valence-electron chi connectivity index (χ0n) is 7.79. The Morgan fingerprint density at radius 3 is 2.86 bits per heavy atom. The predicted molar refractivity (Wildman–Crippen MR) is 47.1 cm³/mol. The minimum atomic E-state index is -0.805. The molecule has 1 heterocycles. The lowest BCUT2D eigenvalue weighted by Crippen LogP contribution is -2.24. The number of hydrogen-bond acceptors (Lipinski definition) is 3. The Morgan fingerprint density at radius 2 is 2.36 bits per heavy atom. The van der Waals surface area contributed by atoms with Crippen LogP contribution in [-0.4, -0.2) is 18.1 Å². The molecule has 4 heteroatoms. The number of carbonyl (C=O) groups is 1. The molecular formula is C10H10FNO2. The van der Waals surface area contributed by atoms with Crippen molar-refractivity contribution in [3.63, 3.8) is 0 Å². The number of pyridine rings is 1. The third-order valence-corrected chi connectivity index (χ3v) is 2.54. The lowest BCUT2D eigenvalue weighted by molar-refractivity contribution is -0.143. The molecule has 14 heavy (non-hydrogen) atoms. The zero-order chi connectivity index (χ0) is 10.2. The first-order chi connectivity index (χ1) is 6.70. The number of rotatable bonds is 2. The van der Waals surface area contributed by atoms with E-state index in [0.717, 1.165) is 0 Å². The lowest BCUT2D eigenvalue weighted by Gasteiger charge is -2.11. The Bertz CT molecular complexity index is 374. The van der Waals surface area contributed by atoms with Crippen LogP contribution in [0.25, 0.3) is 0 Å². The molecule has 0 unspecified atom stereocenters. The molecular weight excluding hydrogens is 185 g/mol. The van der Waals surface area contributed by atoms with E-state index in [0.29, 0.717) is 12.8 Å². The van der Waals surface area contributed by atoms with Crippen LogP contribution < -0.4 is 0 Å². The van der Waals surface area contributed by atoms with Crippen molar-refractivity contribution in [1.82, 2.24) is 4.98 Å². The van der Waals surface area contributed by atoms with Gasteiger partial charge in [0.1, 0.15) is 11.2 Å². The molecule has 1 fully saturated rings. The molecule has 0 N–H and O–H groups in total. The van der Waals surface area contributed by atoms with Crippen LogP contribution in [0.4, 0.5) is 4.39 Å². The van der Waals surface area contributed by atoms with Crippen molar-refractivity contribution >= 4 is 5.97 Å². The summed E-state index contributed by atoms with van der Waals surface area (Å²) in [7, 11) is 1.31. The van der Waals surface area contributed by atoms with Gasteiger partial charge in [0.05, 0.1) is 12.8 Å². The van der Waals surface area contributed by atoms with Crippen LogP contribution in [0.5, 0.6) is 0 Å². The quantitative estimate of drug-likeness (QED) is 0.670. The van der Waals surface area contributed by atoms with E-state index in [2.05, 4.69) is 9.72 Å². The summed E-state index contributed by atoms with van der Waals surface area (Å²) in [4.78, 5) is 15.3. The second-order valence-corrected chi connectivity index (χ2v) is 3.41. The second-order valence-electron chi connectivity index (χ2n) is 3.41. The Hall–Kier alpha value is -1.45. The average molecular weight is 195 g/mol. The molecule has 1 aliphatic rings. The number of carbonyl (C=O) groups excluding carboxylic acids is 1. The Labute approximate surface area is 80.9 Å². The van der Waals surface area contributed by atoms with Crippen LogP contribution in [0, 0.1) is 5.82 Å². The van der Waals surface area contributed by atoms with Crippen molar-refractivity contribution < 1.29 is 13.9 Å². The molecule has 1 aromatic heterocycles. The van der Waals surface area contributed by atoms with Crippen LogP contribution in [0.2, 0.25) is 0 Å². The summed E-state index contributed by atoms with van der Waals surface area (Å²) in [5, 5.41) is 0. The highest BCUT2D eigenvalue weighted by molar-refractivity contribution is 5.85. The van der Waals surface area contributed by atoms with Gasteiger partial charge in [0.2, 0.25) is 0 Å². The van der Waals surface area contributed by atoms with Crippen LogP contribution in [0.3, 0.4) is 0 Å². The maximum Gasteiger partial charge on any atom is 0.318 e. The molecule has 0 aliphatic heterocycles. The highest BCUT2D eigenvalue weighted by Crippen LogP contribution is 2.48. The number of methoxy groups -OCH3 is 1. The van der Waals surface area contributed by atoms with Gasteiger partial charge in [0.15, 0.2) is 0 Å². The maximum atomic E-state index is 13.4. The van der Waals surface area contributed by atoms with Gasteiger partial charge in [-0.1, -0.05) is 0 Å². The van der Waals surface area contributed by atoms with Crippen molar-refractivity contribution in [3.05, 3.63) is 29.8 Å². The minimum Gasteiger partial charge on any atom is -0.468 e. The van der Waals surface area contributed by atoms with E-state index < -0.39 is 17.2 Å². The van der Waals surface area contributed by atoms with Gasteiger partial charge in [0.25, 0.3) is 0 Å². The van der Waals surface area contributed by atoms with E-state index in [9.17, 15) is 9.18 Å². The van der Waals surface area contributed by atoms with Gasteiger partial charge in [-0.05, 0) is 25.0 Å². The molecule has 3 nitrogen and oxygen atoms in total. The van der Waals surface area contributed by atoms with Crippen LogP contribution in [-0.2, 0) is 14.9 Å². The average Bonchev–Trinajstić information content (AvgIpc) is 2.98. The fourth-order valence-corrected chi connectivity index (χ4v) is 1.60. The van der Waals surface area contributed by atoms with Crippen molar-refractivity contribution in [2.75, 3.05) is 7.11 Å². The van der Waals surface area contributed by atoms with Crippen LogP contribution >= 0.6 is 0 Å². The summed E-state index contributed by atoms with van der Waals surface area (Å²) in [5.41, 5.74) is -0.591. The molecule has 0 atom stereocenters. The van der Waals surface area contributed by atoms with E-state index in [1.807, 2.05) is 0 Å². The number of ether oxygens (including phenoxy) is 1. The normalized spacial score (nSPS) is 17.6. The summed E-state index contributed by atoms with van der Waals surface area (Å²) in [6.07, 6.45) is 2.72. The van der Waals surface area contributed by atoms with Crippen molar-refractivity contribution in [2.24, 2.45) is 0 Å². The molecule has 0 spiro atoms. The fourth-order valence-electron chi connectivity index (χ4n) is 1.60. The first-order valence-electron chi connectivity index (χ1n) is 4.40. The van der Waals surface area contributed by atoms with Gasteiger partial charge >= 0.3 is 5.97 Å². The highest BCUT2D eigenvalue weighted by atomic mass is 19.1. The summed E-state index contributed by atoms with van der Waals surface area (Å²) in [6, 6.07) is 2.82. The van der Waals surface area contributed by atoms with Gasteiger partial charge in [-0.3, -0.25) is 9.78 Å². The number of aromatic nitrogens is 1. The smallest absolute Gasteiger partial charge is 0.318 e. The molecule has 2 rings (SSSR count). The van der Waals surface area contributed by atoms with Gasteiger partial charge < -0.3 is 4.74 Å². The van der Waals surface area contributed by atoms with Gasteiger partial charge in [-0.15, -0.1) is 0 Å². The minimum absolute atomic E-state index is 0.215. The Balaban J connectivity index is 2.40. The first-order valence-corrected chi connectivity index (χ1v) is 4.40. The maximum absolute atomic E-state index is 13.4. The molecule has 74 valence electrons. The SMILES string of the molecule is COC(=O)C1(c2ncccc2F)CC1. The van der Waals surface area contributed by atoms with Crippen molar-refractivity contribution in [3.8, 4) is 0 Å². The predicted octanol–water partition coefficient (Wildman–Crippen LogP) is 1.43. The number of esters is 1. The van der Waals surface area contributed by atoms with E-state index in [1.54, 1.807) is 0 Å². The van der Waals surface area contributed by atoms with Crippen molar-refractivity contribution in [2.45, 2.75) is 18.3 Å². The third-order valence-electron chi connectivity index (χ3n) is 2.54. The Morgan fingerprint density at radius 1 is 1.64 bits per heavy atom. The molecule has 0 radical (unpaired) electrons. The molecule has 0 amide bonds. The van der Waals surface area contributed by atoms with Crippen molar-refractivity contribution in [1.29, 1.82) is 0 Å². The molecule has 1 saturated carbocycles. The molecule has 0 aromatic carbocycles. The monoisotopic (exact) mass is 195 g/mol. The number of nitrogens with zero attached hydrogens (tertiary/aromatic N) is 1. The number of halogens is 1. The third kappa shape index (κ3) is 1.18. The van der Waals surface area contributed by atoms with Crippen LogP contribution in [0.1, 0.15) is 18.5 Å². The summed E-state index contributed by atoms with van der Waals surface area (Å²) in [6.45, 7) is 0. The molecule has 0 saturated heterocycles. The molecule has 1 aliphatic carbocycles. The second kappa shape index (κ2) is 3.04. The molecule has 1 aromatic rings. The van der Waals surface area contributed by atoms with Gasteiger partial charge in [-0.2, -0.15) is 0 Å². The van der Waals surface area contributed by atoms with E-state index >= 15 is 0 Å². The fraction of sp³-hybridized carbons (Fsp3) is 0.400. The van der Waals surface area contributed by atoms with E-state index in [1.165, 1.54) is 25.4 Å². The number of hydrogen-bond donors (Lipinski definition) is 0. The summed E-state index contributed by atoms with van der Waals surface area (Å²) >= 11 is 0. The van der Waals surface area contributed by atoms with Gasteiger partial charge in [-0.25, -0.2) is 4.39 Å². The van der Waals surface area contributed by atoms with Crippen LogP contribution in [0.15, 0.2) is 18.3 Å². The topological polar surface area (TPSA) is 39.2 Å². The Kier molecular flexibility index (Phi) is 1.98. The molecule has 0 bridgehead atoms. The van der Waals surface area contributed by atoms with E-state index in [-0.39, 0.29) is 5.69 Å². The zero-order valence-corrected chi connectivity index (χ0v) is 7.79. The highest BCUT2D eigenvalue weighted by Gasteiger charge is 2.55. The summed E-state index contributed by atoms with van der Waals surface area (Å²) in [5.74, 6) is -0.828. The van der Waals surface area contributed by atoms with Gasteiger partial charge in [0, 0.05) is 6.20 Å². The standard InChI is InChI=1S/C10H10FNO2/c1-14-9(13)10(4-5-10)8-7(11)3-2-6-12-8/h2-3,6H,4-5H2,1H3.